The Labute approximate surface area is 94.2 Å². The van der Waals surface area contributed by atoms with Crippen LogP contribution in [-0.2, 0) is 14.2 Å². The Morgan fingerprint density at radius 3 is 2.57 bits per heavy atom. The van der Waals surface area contributed by atoms with Crippen molar-refractivity contribution in [1.29, 1.82) is 0 Å². The molecule has 0 bridgehead atoms. The van der Waals surface area contributed by atoms with Crippen LogP contribution in [0.5, 0.6) is 0 Å². The van der Waals surface area contributed by atoms with Gasteiger partial charge in [-0.2, -0.15) is 0 Å². The molecule has 0 aromatic rings. The highest BCUT2D eigenvalue weighted by atomic mass is 79.9. The zero-order chi connectivity index (χ0) is 10.4. The molecule has 3 atom stereocenters. The second kappa shape index (κ2) is 6.77. The second-order valence-corrected chi connectivity index (χ2v) is 4.67. The number of rotatable bonds is 7. The van der Waals surface area contributed by atoms with Crippen molar-refractivity contribution < 1.29 is 14.2 Å². The monoisotopic (exact) mass is 266 g/mol. The van der Waals surface area contributed by atoms with E-state index in [0.29, 0.717) is 18.0 Å². The van der Waals surface area contributed by atoms with Gasteiger partial charge in [-0.05, 0) is 12.8 Å². The maximum absolute atomic E-state index is 5.67. The summed E-state index contributed by atoms with van der Waals surface area (Å²) in [5, 5.41) is 0. The summed E-state index contributed by atoms with van der Waals surface area (Å²) in [6.07, 6.45) is 2.58. The maximum Gasteiger partial charge on any atom is 0.0962 e. The molecule has 1 rings (SSSR count). The van der Waals surface area contributed by atoms with Gasteiger partial charge in [0, 0.05) is 18.5 Å². The van der Waals surface area contributed by atoms with Gasteiger partial charge in [-0.25, -0.2) is 0 Å². The third-order valence-corrected chi connectivity index (χ3v) is 3.21. The van der Waals surface area contributed by atoms with Crippen molar-refractivity contribution in [2.75, 3.05) is 26.9 Å². The van der Waals surface area contributed by atoms with Crippen LogP contribution in [0.4, 0.5) is 0 Å². The van der Waals surface area contributed by atoms with Gasteiger partial charge in [0.25, 0.3) is 0 Å². The first kappa shape index (κ1) is 12.4. The zero-order valence-corrected chi connectivity index (χ0v) is 10.5. The Kier molecular flexibility index (Phi) is 6.01. The predicted octanol–water partition coefficient (Wildman–Crippen LogP) is 1.98. The molecule has 1 aliphatic rings. The van der Waals surface area contributed by atoms with Gasteiger partial charge < -0.3 is 14.2 Å². The maximum atomic E-state index is 5.67. The fourth-order valence-corrected chi connectivity index (χ4v) is 2.30. The lowest BCUT2D eigenvalue weighted by molar-refractivity contribution is -0.127. The van der Waals surface area contributed by atoms with Crippen LogP contribution in [0.15, 0.2) is 0 Å². The van der Waals surface area contributed by atoms with Crippen molar-refractivity contribution in [3.8, 4) is 0 Å². The van der Waals surface area contributed by atoms with Crippen molar-refractivity contribution in [3.05, 3.63) is 0 Å². The highest BCUT2D eigenvalue weighted by molar-refractivity contribution is 9.09. The molecule has 1 saturated carbocycles. The number of methoxy groups -OCH3 is 1. The normalized spacial score (nSPS) is 31.5. The average Bonchev–Trinajstić information content (AvgIpc) is 2.17. The minimum atomic E-state index is 0.229. The van der Waals surface area contributed by atoms with Gasteiger partial charge in [0.05, 0.1) is 25.4 Å². The van der Waals surface area contributed by atoms with Gasteiger partial charge >= 0.3 is 0 Å². The average molecular weight is 267 g/mol. The summed E-state index contributed by atoms with van der Waals surface area (Å²) >= 11 is 3.57. The molecule has 14 heavy (non-hydrogen) atoms. The van der Waals surface area contributed by atoms with Gasteiger partial charge in [0.2, 0.25) is 0 Å². The van der Waals surface area contributed by atoms with E-state index >= 15 is 0 Å². The molecule has 3 unspecified atom stereocenters. The van der Waals surface area contributed by atoms with Crippen LogP contribution in [0, 0.1) is 0 Å². The molecule has 1 fully saturated rings. The molecule has 0 aliphatic heterocycles. The minimum absolute atomic E-state index is 0.229. The summed E-state index contributed by atoms with van der Waals surface area (Å²) in [5.74, 6) is 0. The fraction of sp³-hybridized carbons (Fsp3) is 1.00. The smallest absolute Gasteiger partial charge is 0.0962 e. The molecule has 0 aromatic heterocycles. The summed E-state index contributed by atoms with van der Waals surface area (Å²) in [5.41, 5.74) is 0. The fourth-order valence-electron chi connectivity index (χ4n) is 1.44. The SMILES string of the molecule is CCCOC1C(Br)CC1OCCOC. The Bertz CT molecular complexity index is 154. The number of halogens is 1. The standard InChI is InChI=1S/C10H19BrO3/c1-3-4-14-10-8(11)7-9(10)13-6-5-12-2/h8-10H,3-7H2,1-2H3. The molecule has 0 heterocycles. The Balaban J connectivity index is 2.12. The number of ether oxygens (including phenoxy) is 3. The van der Waals surface area contributed by atoms with E-state index in [0.717, 1.165) is 19.4 Å². The molecule has 0 radical (unpaired) electrons. The van der Waals surface area contributed by atoms with E-state index in [4.69, 9.17) is 14.2 Å². The summed E-state index contributed by atoms with van der Waals surface area (Å²) in [6.45, 7) is 4.25. The second-order valence-electron chi connectivity index (χ2n) is 3.49. The molecule has 0 N–H and O–H groups in total. The van der Waals surface area contributed by atoms with Gasteiger partial charge in [-0.15, -0.1) is 0 Å². The van der Waals surface area contributed by atoms with Gasteiger partial charge in [0.15, 0.2) is 0 Å². The Hall–Kier alpha value is 0.360. The topological polar surface area (TPSA) is 27.7 Å². The first-order chi connectivity index (χ1) is 6.79. The van der Waals surface area contributed by atoms with Crippen LogP contribution in [-0.4, -0.2) is 44.0 Å². The van der Waals surface area contributed by atoms with E-state index in [2.05, 4.69) is 22.9 Å². The zero-order valence-electron chi connectivity index (χ0n) is 8.87. The first-order valence-electron chi connectivity index (χ1n) is 5.15. The Morgan fingerprint density at radius 1 is 1.21 bits per heavy atom. The van der Waals surface area contributed by atoms with Gasteiger partial charge in [0.1, 0.15) is 0 Å². The van der Waals surface area contributed by atoms with E-state index in [-0.39, 0.29) is 12.2 Å². The molecular formula is C10H19BrO3. The largest absolute Gasteiger partial charge is 0.382 e. The van der Waals surface area contributed by atoms with Crippen LogP contribution >= 0.6 is 15.9 Å². The first-order valence-corrected chi connectivity index (χ1v) is 6.07. The predicted molar refractivity (Wildman–Crippen MR) is 59.0 cm³/mol. The Morgan fingerprint density at radius 2 is 2.00 bits per heavy atom. The van der Waals surface area contributed by atoms with Crippen LogP contribution in [0.1, 0.15) is 19.8 Å². The third kappa shape index (κ3) is 3.50. The number of alkyl halides is 1. The highest BCUT2D eigenvalue weighted by Crippen LogP contribution is 2.33. The number of hydrogen-bond acceptors (Lipinski definition) is 3. The lowest BCUT2D eigenvalue weighted by Crippen LogP contribution is -2.51. The van der Waals surface area contributed by atoms with Crippen molar-refractivity contribution in [3.63, 3.8) is 0 Å². The summed E-state index contributed by atoms with van der Waals surface area (Å²) in [4.78, 5) is 0.460. The van der Waals surface area contributed by atoms with E-state index in [1.807, 2.05) is 0 Å². The van der Waals surface area contributed by atoms with E-state index < -0.39 is 0 Å². The van der Waals surface area contributed by atoms with E-state index in [1.54, 1.807) is 7.11 Å². The molecular weight excluding hydrogens is 248 g/mol. The number of hydrogen-bond donors (Lipinski definition) is 0. The lowest BCUT2D eigenvalue weighted by atomic mass is 9.91. The van der Waals surface area contributed by atoms with Crippen LogP contribution in [0.25, 0.3) is 0 Å². The molecule has 0 saturated heterocycles. The summed E-state index contributed by atoms with van der Waals surface area (Å²) in [7, 11) is 1.68. The van der Waals surface area contributed by atoms with Crippen molar-refractivity contribution in [2.24, 2.45) is 0 Å². The molecule has 0 aromatic carbocycles. The van der Waals surface area contributed by atoms with E-state index in [9.17, 15) is 0 Å². The van der Waals surface area contributed by atoms with Gasteiger partial charge in [-0.3, -0.25) is 0 Å². The quantitative estimate of drug-likeness (QED) is 0.521. The molecule has 84 valence electrons. The summed E-state index contributed by atoms with van der Waals surface area (Å²) < 4.78 is 16.2. The third-order valence-electron chi connectivity index (χ3n) is 2.31. The minimum Gasteiger partial charge on any atom is -0.382 e. The lowest BCUT2D eigenvalue weighted by Gasteiger charge is -2.40. The van der Waals surface area contributed by atoms with Crippen molar-refractivity contribution in [2.45, 2.75) is 36.8 Å². The molecule has 4 heteroatoms. The highest BCUT2D eigenvalue weighted by Gasteiger charge is 2.41. The molecule has 0 spiro atoms. The van der Waals surface area contributed by atoms with Crippen LogP contribution in [0.3, 0.4) is 0 Å². The van der Waals surface area contributed by atoms with Crippen LogP contribution in [0.2, 0.25) is 0 Å². The van der Waals surface area contributed by atoms with Gasteiger partial charge in [-0.1, -0.05) is 22.9 Å². The molecule has 3 nitrogen and oxygen atoms in total. The van der Waals surface area contributed by atoms with Crippen LogP contribution < -0.4 is 0 Å². The van der Waals surface area contributed by atoms with Crippen molar-refractivity contribution in [1.82, 2.24) is 0 Å². The summed E-state index contributed by atoms with van der Waals surface area (Å²) in [6, 6.07) is 0. The van der Waals surface area contributed by atoms with Crippen molar-refractivity contribution >= 4 is 15.9 Å². The van der Waals surface area contributed by atoms with E-state index in [1.165, 1.54) is 0 Å². The molecule has 1 aliphatic carbocycles. The molecule has 0 amide bonds.